The molecule has 0 N–H and O–H groups in total. The SMILES string of the molecule is c1ccc([Si](c2ccccc2)(c2ccccc2)c2ccc(-c3ccc(N(c4ccc(-c5ccc6ccccc6c5)cc4)c4ccc(-c5ccc6oc7ccccc7c6c5)cc4)cc3)cc2)cc1. The van der Waals surface area contributed by atoms with Gasteiger partial charge >= 0.3 is 0 Å². The van der Waals surface area contributed by atoms with E-state index in [0.29, 0.717) is 0 Å². The molecule has 67 heavy (non-hydrogen) atoms. The molecule has 0 saturated heterocycles. The predicted molar refractivity (Wildman–Crippen MR) is 286 cm³/mol. The molecule has 316 valence electrons. The van der Waals surface area contributed by atoms with Crippen molar-refractivity contribution >= 4 is 78.6 Å². The molecule has 0 aliphatic heterocycles. The van der Waals surface area contributed by atoms with Gasteiger partial charge in [0.1, 0.15) is 11.2 Å². The maximum Gasteiger partial charge on any atom is 0.179 e. The van der Waals surface area contributed by atoms with Gasteiger partial charge in [0.15, 0.2) is 8.07 Å². The van der Waals surface area contributed by atoms with Crippen LogP contribution in [0.4, 0.5) is 17.1 Å². The summed E-state index contributed by atoms with van der Waals surface area (Å²) in [5.74, 6) is 0. The van der Waals surface area contributed by atoms with Crippen LogP contribution in [0.3, 0.4) is 0 Å². The molecule has 0 spiro atoms. The molecule has 0 radical (unpaired) electrons. The molecule has 0 saturated carbocycles. The number of benzene rings is 11. The number of fused-ring (bicyclic) bond motifs is 4. The van der Waals surface area contributed by atoms with Crippen molar-refractivity contribution in [2.75, 3.05) is 4.90 Å². The zero-order chi connectivity index (χ0) is 44.6. The second-order valence-electron chi connectivity index (χ2n) is 17.3. The fourth-order valence-corrected chi connectivity index (χ4v) is 14.9. The van der Waals surface area contributed by atoms with Crippen LogP contribution in [0, 0.1) is 0 Å². The summed E-state index contributed by atoms with van der Waals surface area (Å²) in [5.41, 5.74) is 12.1. The Bertz CT molecular complexity index is 3540. The largest absolute Gasteiger partial charge is 0.456 e. The molecule has 11 aromatic carbocycles. The fraction of sp³-hybridized carbons (Fsp3) is 0. The molecule has 0 aliphatic carbocycles. The minimum Gasteiger partial charge on any atom is -0.456 e. The highest BCUT2D eigenvalue weighted by atomic mass is 28.3. The summed E-state index contributed by atoms with van der Waals surface area (Å²) in [6.45, 7) is 0. The van der Waals surface area contributed by atoms with Crippen LogP contribution in [-0.4, -0.2) is 8.07 Å². The Balaban J connectivity index is 0.906. The summed E-state index contributed by atoms with van der Waals surface area (Å²) in [5, 5.41) is 10.2. The van der Waals surface area contributed by atoms with Gasteiger partial charge in [-0.25, -0.2) is 0 Å². The Morgan fingerprint density at radius 3 is 1.16 bits per heavy atom. The summed E-state index contributed by atoms with van der Waals surface area (Å²) in [7, 11) is -2.62. The zero-order valence-corrected chi connectivity index (χ0v) is 37.8. The number of hydrogen-bond donors (Lipinski definition) is 0. The van der Waals surface area contributed by atoms with E-state index in [0.717, 1.165) is 50.1 Å². The van der Waals surface area contributed by atoms with Gasteiger partial charge in [-0.05, 0) is 126 Å². The lowest BCUT2D eigenvalue weighted by molar-refractivity contribution is 0.669. The number of anilines is 3. The van der Waals surface area contributed by atoms with E-state index in [1.54, 1.807) is 0 Å². The van der Waals surface area contributed by atoms with Crippen LogP contribution in [0.2, 0.25) is 0 Å². The molecule has 0 amide bonds. The second-order valence-corrected chi connectivity index (χ2v) is 21.1. The first-order valence-corrected chi connectivity index (χ1v) is 25.0. The fourth-order valence-electron chi connectivity index (χ4n) is 10.1. The topological polar surface area (TPSA) is 16.4 Å². The zero-order valence-electron chi connectivity index (χ0n) is 36.8. The lowest BCUT2D eigenvalue weighted by Gasteiger charge is -2.34. The van der Waals surface area contributed by atoms with Crippen molar-refractivity contribution in [1.29, 1.82) is 0 Å². The third kappa shape index (κ3) is 7.32. The Labute approximate surface area is 392 Å². The molecule has 12 rings (SSSR count). The minimum absolute atomic E-state index is 0.904. The van der Waals surface area contributed by atoms with Crippen LogP contribution in [0.25, 0.3) is 66.1 Å². The van der Waals surface area contributed by atoms with Crippen LogP contribution in [0.5, 0.6) is 0 Å². The van der Waals surface area contributed by atoms with Gasteiger partial charge in [-0.1, -0.05) is 212 Å². The van der Waals surface area contributed by atoms with Crippen LogP contribution < -0.4 is 25.6 Å². The molecule has 3 heteroatoms. The van der Waals surface area contributed by atoms with E-state index in [1.807, 2.05) is 12.1 Å². The molecule has 0 fully saturated rings. The number of nitrogens with zero attached hydrogens (tertiary/aromatic N) is 1. The normalized spacial score (nSPS) is 11.6. The minimum atomic E-state index is -2.62. The molecule has 0 aliphatic rings. The summed E-state index contributed by atoms with van der Waals surface area (Å²) < 4.78 is 6.15. The van der Waals surface area contributed by atoms with Gasteiger partial charge in [-0.15, -0.1) is 0 Å². The van der Waals surface area contributed by atoms with Gasteiger partial charge in [-0.2, -0.15) is 0 Å². The molecule has 0 atom stereocenters. The molecule has 0 unspecified atom stereocenters. The average molecular weight is 872 g/mol. The van der Waals surface area contributed by atoms with E-state index in [-0.39, 0.29) is 0 Å². The van der Waals surface area contributed by atoms with Crippen molar-refractivity contribution in [1.82, 2.24) is 0 Å². The van der Waals surface area contributed by atoms with Crippen molar-refractivity contribution in [3.63, 3.8) is 0 Å². The summed E-state index contributed by atoms with van der Waals surface area (Å²) >= 11 is 0. The van der Waals surface area contributed by atoms with E-state index in [2.05, 4.69) is 266 Å². The van der Waals surface area contributed by atoms with E-state index >= 15 is 0 Å². The Kier molecular flexibility index (Phi) is 10.2. The standard InChI is InChI=1S/C64H45NOSi/c1-4-16-57(17-5-1)67(58-18-6-2-7-19-58,59-20-8-3-9-21-59)60-41-32-48(33-42-60)47-26-35-54(36-27-47)65(55-37-28-49(29-38-55)52-25-24-46-14-10-11-15-51(46)44-52)56-39-30-50(31-40-56)53-34-43-64-62(45-53)61-22-12-13-23-63(61)66-64/h1-45H. The number of rotatable bonds is 10. The summed E-state index contributed by atoms with van der Waals surface area (Å²) in [4.78, 5) is 2.35. The number of hydrogen-bond acceptors (Lipinski definition) is 2. The third-order valence-corrected chi connectivity index (χ3v) is 18.2. The Morgan fingerprint density at radius 2 is 0.627 bits per heavy atom. The highest BCUT2D eigenvalue weighted by Gasteiger charge is 2.41. The summed E-state index contributed by atoms with van der Waals surface area (Å²) in [6, 6.07) is 99.6. The predicted octanol–water partition coefficient (Wildman–Crippen LogP) is 14.6. The van der Waals surface area contributed by atoms with Gasteiger partial charge in [0, 0.05) is 27.8 Å². The Hall–Kier alpha value is -8.50. The Morgan fingerprint density at radius 1 is 0.254 bits per heavy atom. The van der Waals surface area contributed by atoms with Gasteiger partial charge in [0.25, 0.3) is 0 Å². The highest BCUT2D eigenvalue weighted by molar-refractivity contribution is 7.19. The van der Waals surface area contributed by atoms with Crippen LogP contribution in [0.15, 0.2) is 277 Å². The van der Waals surface area contributed by atoms with E-state index in [4.69, 9.17) is 4.42 Å². The van der Waals surface area contributed by atoms with Crippen molar-refractivity contribution in [2.45, 2.75) is 0 Å². The van der Waals surface area contributed by atoms with Crippen molar-refractivity contribution in [2.24, 2.45) is 0 Å². The monoisotopic (exact) mass is 871 g/mol. The second kappa shape index (κ2) is 17.1. The first-order valence-electron chi connectivity index (χ1n) is 23.0. The molecule has 1 aromatic heterocycles. The van der Waals surface area contributed by atoms with E-state index < -0.39 is 8.07 Å². The lowest BCUT2D eigenvalue weighted by atomic mass is 10.0. The number of para-hydroxylation sites is 1. The van der Waals surface area contributed by atoms with Crippen LogP contribution >= 0.6 is 0 Å². The molecular formula is C64H45NOSi. The maximum absolute atomic E-state index is 6.15. The quantitative estimate of drug-likeness (QED) is 0.101. The van der Waals surface area contributed by atoms with Gasteiger partial charge < -0.3 is 9.32 Å². The molecule has 0 bridgehead atoms. The molecule has 12 aromatic rings. The average Bonchev–Trinajstić information content (AvgIpc) is 3.79. The van der Waals surface area contributed by atoms with Crippen LogP contribution in [-0.2, 0) is 0 Å². The molecule has 1 heterocycles. The van der Waals surface area contributed by atoms with Crippen molar-refractivity contribution < 1.29 is 4.42 Å². The number of furan rings is 1. The van der Waals surface area contributed by atoms with Gasteiger partial charge in [-0.3, -0.25) is 0 Å². The first-order chi connectivity index (χ1) is 33.2. The first kappa shape index (κ1) is 40.0. The lowest BCUT2D eigenvalue weighted by Crippen LogP contribution is -2.74. The molecular weight excluding hydrogens is 827 g/mol. The maximum atomic E-state index is 6.15. The van der Waals surface area contributed by atoms with Gasteiger partial charge in [0.05, 0.1) is 0 Å². The van der Waals surface area contributed by atoms with Gasteiger partial charge in [0.2, 0.25) is 0 Å². The highest BCUT2D eigenvalue weighted by Crippen LogP contribution is 2.39. The van der Waals surface area contributed by atoms with E-state index in [1.165, 1.54) is 53.8 Å². The molecule has 2 nitrogen and oxygen atoms in total. The summed E-state index contributed by atoms with van der Waals surface area (Å²) in [6.07, 6.45) is 0. The van der Waals surface area contributed by atoms with E-state index in [9.17, 15) is 0 Å². The van der Waals surface area contributed by atoms with Crippen molar-refractivity contribution in [3.8, 4) is 33.4 Å². The van der Waals surface area contributed by atoms with Crippen molar-refractivity contribution in [3.05, 3.63) is 273 Å². The third-order valence-electron chi connectivity index (χ3n) is 13.4. The van der Waals surface area contributed by atoms with Crippen LogP contribution in [0.1, 0.15) is 0 Å². The smallest absolute Gasteiger partial charge is 0.179 e.